The summed E-state index contributed by atoms with van der Waals surface area (Å²) in [6, 6.07) is 14.4. The average Bonchev–Trinajstić information content (AvgIpc) is 2.43. The molecule has 0 bridgehead atoms. The zero-order valence-electron chi connectivity index (χ0n) is 10.8. The Hall–Kier alpha value is -1.85. The molecule has 0 heterocycles. The number of hydrogen-bond donors (Lipinski definition) is 3. The molecule has 0 radical (unpaired) electrons. The number of carbonyl (C=O) groups excluding carboxylic acids is 1. The predicted molar refractivity (Wildman–Crippen MR) is 82.6 cm³/mol. The Balaban J connectivity index is 1.78. The summed E-state index contributed by atoms with van der Waals surface area (Å²) in [5.41, 5.74) is 1.52. The first-order valence-electron chi connectivity index (χ1n) is 6.18. The summed E-state index contributed by atoms with van der Waals surface area (Å²) in [7, 11) is 0. The minimum Gasteiger partial charge on any atom is -0.508 e. The van der Waals surface area contributed by atoms with Gasteiger partial charge in [-0.05, 0) is 30.3 Å². The van der Waals surface area contributed by atoms with Crippen LogP contribution < -0.4 is 10.6 Å². The van der Waals surface area contributed by atoms with Crippen molar-refractivity contribution in [1.29, 1.82) is 0 Å². The summed E-state index contributed by atoms with van der Waals surface area (Å²) < 4.78 is 0.966. The number of phenols is 1. The number of benzene rings is 2. The maximum absolute atomic E-state index is 11.7. The lowest BCUT2D eigenvalue weighted by atomic mass is 10.2. The van der Waals surface area contributed by atoms with E-state index in [1.165, 1.54) is 0 Å². The van der Waals surface area contributed by atoms with Crippen LogP contribution in [0.3, 0.4) is 0 Å². The second-order valence-corrected chi connectivity index (χ2v) is 5.20. The molecule has 2 aromatic carbocycles. The zero-order chi connectivity index (χ0) is 14.4. The minimum atomic E-state index is -0.122. The van der Waals surface area contributed by atoms with Gasteiger partial charge in [0.25, 0.3) is 0 Å². The van der Waals surface area contributed by atoms with E-state index in [0.717, 1.165) is 15.7 Å². The zero-order valence-corrected chi connectivity index (χ0v) is 12.4. The molecule has 0 saturated heterocycles. The van der Waals surface area contributed by atoms with Gasteiger partial charge < -0.3 is 15.7 Å². The number of anilines is 1. The molecular formula is C15H15BrN2O2. The maximum atomic E-state index is 11.7. The largest absolute Gasteiger partial charge is 0.508 e. The van der Waals surface area contributed by atoms with Gasteiger partial charge in [-0.25, -0.2) is 0 Å². The first-order valence-corrected chi connectivity index (χ1v) is 6.97. The highest BCUT2D eigenvalue weighted by Crippen LogP contribution is 2.15. The smallest absolute Gasteiger partial charge is 0.238 e. The van der Waals surface area contributed by atoms with Gasteiger partial charge in [0.1, 0.15) is 5.75 Å². The summed E-state index contributed by atoms with van der Waals surface area (Å²) in [5, 5.41) is 15.4. The third-order valence-corrected chi connectivity index (χ3v) is 3.25. The fraction of sp³-hybridized carbons (Fsp3) is 0.133. The first kappa shape index (κ1) is 14.6. The fourth-order valence-corrected chi connectivity index (χ4v) is 1.97. The van der Waals surface area contributed by atoms with Gasteiger partial charge >= 0.3 is 0 Å². The first-order chi connectivity index (χ1) is 9.65. The lowest BCUT2D eigenvalue weighted by Gasteiger charge is -2.08. The van der Waals surface area contributed by atoms with Crippen LogP contribution in [-0.2, 0) is 11.3 Å². The van der Waals surface area contributed by atoms with Crippen molar-refractivity contribution < 1.29 is 9.90 Å². The third-order valence-electron chi connectivity index (χ3n) is 2.72. The topological polar surface area (TPSA) is 61.4 Å². The molecule has 0 saturated carbocycles. The summed E-state index contributed by atoms with van der Waals surface area (Å²) >= 11 is 3.34. The van der Waals surface area contributed by atoms with Gasteiger partial charge in [-0.3, -0.25) is 4.79 Å². The van der Waals surface area contributed by atoms with E-state index >= 15 is 0 Å². The molecule has 4 nitrogen and oxygen atoms in total. The Kier molecular flexibility index (Phi) is 5.15. The molecule has 0 aliphatic heterocycles. The van der Waals surface area contributed by atoms with Crippen LogP contribution in [0.4, 0.5) is 5.69 Å². The van der Waals surface area contributed by atoms with Crippen LogP contribution in [0.1, 0.15) is 5.56 Å². The number of rotatable bonds is 5. The van der Waals surface area contributed by atoms with Gasteiger partial charge in [-0.15, -0.1) is 0 Å². The average molecular weight is 335 g/mol. The van der Waals surface area contributed by atoms with Crippen molar-refractivity contribution in [2.24, 2.45) is 0 Å². The fourth-order valence-electron chi connectivity index (χ4n) is 1.71. The van der Waals surface area contributed by atoms with E-state index in [1.807, 2.05) is 36.4 Å². The van der Waals surface area contributed by atoms with E-state index < -0.39 is 0 Å². The van der Waals surface area contributed by atoms with Crippen LogP contribution in [-0.4, -0.2) is 17.6 Å². The molecular weight excluding hydrogens is 320 g/mol. The minimum absolute atomic E-state index is 0.122. The molecule has 3 N–H and O–H groups in total. The Bertz CT molecular complexity index is 585. The van der Waals surface area contributed by atoms with Crippen LogP contribution in [0.15, 0.2) is 53.0 Å². The molecule has 0 atom stereocenters. The van der Waals surface area contributed by atoms with Crippen molar-refractivity contribution >= 4 is 27.5 Å². The number of aromatic hydroxyl groups is 1. The second kappa shape index (κ2) is 7.07. The summed E-state index contributed by atoms with van der Waals surface area (Å²) in [6.07, 6.45) is 0. The molecule has 2 aromatic rings. The van der Waals surface area contributed by atoms with Gasteiger partial charge in [0.15, 0.2) is 0 Å². The molecule has 0 aromatic heterocycles. The van der Waals surface area contributed by atoms with Gasteiger partial charge in [-0.2, -0.15) is 0 Å². The van der Waals surface area contributed by atoms with Crippen LogP contribution in [0.25, 0.3) is 0 Å². The maximum Gasteiger partial charge on any atom is 0.238 e. The van der Waals surface area contributed by atoms with Crippen LogP contribution in [0, 0.1) is 0 Å². The third kappa shape index (κ3) is 4.36. The standard InChI is InChI=1S/C15H15BrN2O2/c16-12-5-7-13(8-6-12)18-15(20)10-17-9-11-3-1-2-4-14(11)19/h1-8,17,19H,9-10H2,(H,18,20). The van der Waals surface area contributed by atoms with E-state index in [0.29, 0.717) is 6.54 Å². The number of hydrogen-bond acceptors (Lipinski definition) is 3. The van der Waals surface area contributed by atoms with Gasteiger partial charge in [0.05, 0.1) is 6.54 Å². The highest BCUT2D eigenvalue weighted by atomic mass is 79.9. The Labute approximate surface area is 126 Å². The van der Waals surface area contributed by atoms with Gasteiger partial charge in [-0.1, -0.05) is 34.1 Å². The highest BCUT2D eigenvalue weighted by molar-refractivity contribution is 9.10. The van der Waals surface area contributed by atoms with E-state index in [9.17, 15) is 9.90 Å². The summed E-state index contributed by atoms with van der Waals surface area (Å²) in [6.45, 7) is 0.630. The number of amides is 1. The summed E-state index contributed by atoms with van der Waals surface area (Å²) in [4.78, 5) is 11.7. The van der Waals surface area contributed by atoms with Crippen LogP contribution in [0.2, 0.25) is 0 Å². The quantitative estimate of drug-likeness (QED) is 0.787. The van der Waals surface area contributed by atoms with Crippen LogP contribution >= 0.6 is 15.9 Å². The molecule has 0 unspecified atom stereocenters. The van der Waals surface area contributed by atoms with Crippen molar-refractivity contribution in [2.75, 3.05) is 11.9 Å². The van der Waals surface area contributed by atoms with Crippen molar-refractivity contribution in [3.63, 3.8) is 0 Å². The van der Waals surface area contributed by atoms with Crippen molar-refractivity contribution in [1.82, 2.24) is 5.32 Å². The Morgan fingerprint density at radius 1 is 1.10 bits per heavy atom. The Morgan fingerprint density at radius 2 is 1.80 bits per heavy atom. The van der Waals surface area contributed by atoms with Crippen molar-refractivity contribution in [2.45, 2.75) is 6.54 Å². The van der Waals surface area contributed by atoms with E-state index in [-0.39, 0.29) is 18.2 Å². The molecule has 5 heteroatoms. The molecule has 0 aliphatic carbocycles. The van der Waals surface area contributed by atoms with Crippen molar-refractivity contribution in [3.05, 3.63) is 58.6 Å². The molecule has 0 aliphatic rings. The molecule has 104 valence electrons. The van der Waals surface area contributed by atoms with Gasteiger partial charge in [0, 0.05) is 22.3 Å². The number of para-hydroxylation sites is 1. The second-order valence-electron chi connectivity index (χ2n) is 4.29. The van der Waals surface area contributed by atoms with E-state index in [2.05, 4.69) is 26.6 Å². The summed E-state index contributed by atoms with van der Waals surface area (Å²) in [5.74, 6) is 0.107. The number of nitrogens with one attached hydrogen (secondary N) is 2. The molecule has 0 spiro atoms. The Morgan fingerprint density at radius 3 is 2.50 bits per heavy atom. The highest BCUT2D eigenvalue weighted by Gasteiger charge is 2.03. The molecule has 20 heavy (non-hydrogen) atoms. The molecule has 1 amide bonds. The molecule has 0 fully saturated rings. The lowest BCUT2D eigenvalue weighted by Crippen LogP contribution is -2.27. The predicted octanol–water partition coefficient (Wildman–Crippen LogP) is 2.88. The molecule has 2 rings (SSSR count). The van der Waals surface area contributed by atoms with E-state index in [1.54, 1.807) is 12.1 Å². The normalized spacial score (nSPS) is 10.2. The monoisotopic (exact) mass is 334 g/mol. The number of phenolic OH excluding ortho intramolecular Hbond substituents is 1. The van der Waals surface area contributed by atoms with Crippen molar-refractivity contribution in [3.8, 4) is 5.75 Å². The SMILES string of the molecule is O=C(CNCc1ccccc1O)Nc1ccc(Br)cc1. The number of halogens is 1. The van der Waals surface area contributed by atoms with Crippen LogP contribution in [0.5, 0.6) is 5.75 Å². The van der Waals surface area contributed by atoms with E-state index in [4.69, 9.17) is 0 Å². The lowest BCUT2D eigenvalue weighted by molar-refractivity contribution is -0.115. The van der Waals surface area contributed by atoms with Gasteiger partial charge in [0.2, 0.25) is 5.91 Å². The number of carbonyl (C=O) groups is 1.